The van der Waals surface area contributed by atoms with Crippen LogP contribution in [0.15, 0.2) is 18.7 Å². The minimum Gasteiger partial charge on any atom is -0.337 e. The van der Waals surface area contributed by atoms with Gasteiger partial charge in [-0.15, -0.1) is 0 Å². The van der Waals surface area contributed by atoms with E-state index in [2.05, 4.69) is 21.8 Å². The van der Waals surface area contributed by atoms with Gasteiger partial charge in [0.2, 0.25) is 0 Å². The third-order valence-electron chi connectivity index (χ3n) is 3.66. The number of nitrogens with zero attached hydrogens (tertiary/aromatic N) is 4. The summed E-state index contributed by atoms with van der Waals surface area (Å²) in [4.78, 5) is 24.4. The molecule has 1 saturated heterocycles. The molecular weight excluding hydrogens is 254 g/mol. The smallest absolute Gasteiger partial charge is 0.257 e. The lowest BCUT2D eigenvalue weighted by Crippen LogP contribution is -2.37. The molecule has 1 fully saturated rings. The predicted molar refractivity (Wildman–Crippen MR) is 77.2 cm³/mol. The van der Waals surface area contributed by atoms with Crippen molar-refractivity contribution in [2.45, 2.75) is 13.3 Å². The number of hydrogen-bond donors (Lipinski definition) is 1. The first-order valence-electron chi connectivity index (χ1n) is 7.17. The van der Waals surface area contributed by atoms with Crippen molar-refractivity contribution in [3.05, 3.63) is 24.3 Å². The van der Waals surface area contributed by atoms with Gasteiger partial charge in [-0.05, 0) is 25.4 Å². The van der Waals surface area contributed by atoms with E-state index < -0.39 is 0 Å². The molecule has 1 unspecified atom stereocenters. The van der Waals surface area contributed by atoms with E-state index in [1.54, 1.807) is 12.4 Å². The fourth-order valence-electron chi connectivity index (χ4n) is 2.46. The molecule has 110 valence electrons. The zero-order chi connectivity index (χ0) is 14.4. The van der Waals surface area contributed by atoms with Gasteiger partial charge < -0.3 is 15.5 Å². The van der Waals surface area contributed by atoms with Crippen molar-refractivity contribution in [2.24, 2.45) is 11.7 Å². The van der Waals surface area contributed by atoms with Crippen molar-refractivity contribution < 1.29 is 4.79 Å². The molecule has 0 spiro atoms. The van der Waals surface area contributed by atoms with Crippen LogP contribution in [0.5, 0.6) is 0 Å². The number of carbonyl (C=O) groups is 1. The van der Waals surface area contributed by atoms with Crippen LogP contribution in [0.3, 0.4) is 0 Å². The Morgan fingerprint density at radius 3 is 2.75 bits per heavy atom. The van der Waals surface area contributed by atoms with Gasteiger partial charge in [0.05, 0.1) is 5.56 Å². The SMILES string of the molecule is CC(CN)CN1CCCN(C(=O)c2cncnc2)CC1. The second-order valence-electron chi connectivity index (χ2n) is 5.41. The molecule has 2 N–H and O–H groups in total. The minimum atomic E-state index is 0.0272. The molecule has 1 aliphatic heterocycles. The molecule has 1 atom stereocenters. The lowest BCUT2D eigenvalue weighted by atomic mass is 10.1. The third kappa shape index (κ3) is 3.98. The molecule has 0 saturated carbocycles. The van der Waals surface area contributed by atoms with Crippen molar-refractivity contribution in [3.63, 3.8) is 0 Å². The molecule has 0 aromatic carbocycles. The molecule has 1 aromatic heterocycles. The maximum atomic E-state index is 12.3. The van der Waals surface area contributed by atoms with E-state index in [4.69, 9.17) is 5.73 Å². The first kappa shape index (κ1) is 14.9. The van der Waals surface area contributed by atoms with E-state index >= 15 is 0 Å². The maximum Gasteiger partial charge on any atom is 0.257 e. The average molecular weight is 277 g/mol. The largest absolute Gasteiger partial charge is 0.337 e. The van der Waals surface area contributed by atoms with Gasteiger partial charge in [0.25, 0.3) is 5.91 Å². The van der Waals surface area contributed by atoms with Crippen LogP contribution < -0.4 is 5.73 Å². The highest BCUT2D eigenvalue weighted by atomic mass is 16.2. The Labute approximate surface area is 120 Å². The lowest BCUT2D eigenvalue weighted by molar-refractivity contribution is 0.0760. The van der Waals surface area contributed by atoms with Crippen LogP contribution in [0, 0.1) is 5.92 Å². The van der Waals surface area contributed by atoms with E-state index in [0.29, 0.717) is 18.0 Å². The molecule has 1 amide bonds. The van der Waals surface area contributed by atoms with E-state index in [-0.39, 0.29) is 5.91 Å². The van der Waals surface area contributed by atoms with Crippen molar-refractivity contribution in [2.75, 3.05) is 39.3 Å². The highest BCUT2D eigenvalue weighted by Gasteiger charge is 2.21. The molecule has 0 radical (unpaired) electrons. The Kier molecular flexibility index (Phi) is 5.43. The van der Waals surface area contributed by atoms with E-state index in [9.17, 15) is 4.79 Å². The van der Waals surface area contributed by atoms with Gasteiger partial charge >= 0.3 is 0 Å². The number of aromatic nitrogens is 2. The van der Waals surface area contributed by atoms with Crippen molar-refractivity contribution >= 4 is 5.91 Å². The lowest BCUT2D eigenvalue weighted by Gasteiger charge is -2.24. The number of hydrogen-bond acceptors (Lipinski definition) is 5. The molecular formula is C14H23N5O. The Morgan fingerprint density at radius 1 is 1.30 bits per heavy atom. The topological polar surface area (TPSA) is 75.3 Å². The monoisotopic (exact) mass is 277 g/mol. The van der Waals surface area contributed by atoms with Gasteiger partial charge in [0.1, 0.15) is 6.33 Å². The fourth-order valence-corrected chi connectivity index (χ4v) is 2.46. The Bertz CT molecular complexity index is 425. The Balaban J connectivity index is 1.91. The first-order chi connectivity index (χ1) is 9.70. The van der Waals surface area contributed by atoms with Gasteiger partial charge in [-0.25, -0.2) is 9.97 Å². The highest BCUT2D eigenvalue weighted by Crippen LogP contribution is 2.09. The van der Waals surface area contributed by atoms with Crippen molar-refractivity contribution in [1.29, 1.82) is 0 Å². The van der Waals surface area contributed by atoms with Crippen molar-refractivity contribution in [3.8, 4) is 0 Å². The van der Waals surface area contributed by atoms with Crippen molar-refractivity contribution in [1.82, 2.24) is 19.8 Å². The zero-order valence-corrected chi connectivity index (χ0v) is 12.0. The number of rotatable bonds is 4. The van der Waals surface area contributed by atoms with Gasteiger partial charge in [-0.2, -0.15) is 0 Å². The summed E-state index contributed by atoms with van der Waals surface area (Å²) in [6, 6.07) is 0. The summed E-state index contributed by atoms with van der Waals surface area (Å²) >= 11 is 0. The summed E-state index contributed by atoms with van der Waals surface area (Å²) in [6.45, 7) is 7.36. The molecule has 1 aromatic rings. The maximum absolute atomic E-state index is 12.3. The third-order valence-corrected chi connectivity index (χ3v) is 3.66. The number of nitrogens with two attached hydrogens (primary N) is 1. The standard InChI is InChI=1S/C14H23N5O/c1-12(7-15)10-18-3-2-4-19(6-5-18)14(20)13-8-16-11-17-9-13/h8-9,11-12H,2-7,10,15H2,1H3. The Morgan fingerprint density at radius 2 is 2.05 bits per heavy atom. The van der Waals surface area contributed by atoms with Crippen LogP contribution in [-0.2, 0) is 0 Å². The minimum absolute atomic E-state index is 0.0272. The Hall–Kier alpha value is -1.53. The summed E-state index contributed by atoms with van der Waals surface area (Å²) in [5.41, 5.74) is 6.24. The number of amides is 1. The number of carbonyl (C=O) groups excluding carboxylic acids is 1. The summed E-state index contributed by atoms with van der Waals surface area (Å²) < 4.78 is 0. The van der Waals surface area contributed by atoms with E-state index in [0.717, 1.165) is 39.1 Å². The summed E-state index contributed by atoms with van der Waals surface area (Å²) in [5.74, 6) is 0.527. The van der Waals surface area contributed by atoms with Crippen LogP contribution in [0.1, 0.15) is 23.7 Å². The van der Waals surface area contributed by atoms with Crippen LogP contribution in [0.25, 0.3) is 0 Å². The first-order valence-corrected chi connectivity index (χ1v) is 7.17. The zero-order valence-electron chi connectivity index (χ0n) is 12.0. The molecule has 2 rings (SSSR count). The molecule has 0 bridgehead atoms. The molecule has 1 aliphatic rings. The van der Waals surface area contributed by atoms with Crippen LogP contribution in [0.4, 0.5) is 0 Å². The van der Waals surface area contributed by atoms with E-state index in [1.807, 2.05) is 4.90 Å². The fraction of sp³-hybridized carbons (Fsp3) is 0.643. The van der Waals surface area contributed by atoms with E-state index in [1.165, 1.54) is 6.33 Å². The summed E-state index contributed by atoms with van der Waals surface area (Å²) in [5, 5.41) is 0. The average Bonchev–Trinajstić information content (AvgIpc) is 2.73. The second kappa shape index (κ2) is 7.31. The van der Waals surface area contributed by atoms with Gasteiger partial charge in [-0.1, -0.05) is 6.92 Å². The quantitative estimate of drug-likeness (QED) is 0.852. The molecule has 2 heterocycles. The molecule has 20 heavy (non-hydrogen) atoms. The molecule has 6 heteroatoms. The predicted octanol–water partition coefficient (Wildman–Crippen LogP) is 0.219. The van der Waals surface area contributed by atoms with Crippen LogP contribution in [0.2, 0.25) is 0 Å². The van der Waals surface area contributed by atoms with Gasteiger partial charge in [-0.3, -0.25) is 4.79 Å². The summed E-state index contributed by atoms with van der Waals surface area (Å²) in [7, 11) is 0. The molecule has 0 aliphatic carbocycles. The van der Waals surface area contributed by atoms with Crippen LogP contribution >= 0.6 is 0 Å². The second-order valence-corrected chi connectivity index (χ2v) is 5.41. The normalized spacial score (nSPS) is 18.6. The van der Waals surface area contributed by atoms with Gasteiger partial charge in [0, 0.05) is 38.6 Å². The van der Waals surface area contributed by atoms with Gasteiger partial charge in [0.15, 0.2) is 0 Å². The van der Waals surface area contributed by atoms with Crippen LogP contribution in [-0.4, -0.2) is 64.9 Å². The molecule has 6 nitrogen and oxygen atoms in total. The summed E-state index contributed by atoms with van der Waals surface area (Å²) in [6.07, 6.45) is 5.59. The highest BCUT2D eigenvalue weighted by molar-refractivity contribution is 5.93.